The van der Waals surface area contributed by atoms with Crippen LogP contribution in [0.25, 0.3) is 0 Å². The average Bonchev–Trinajstić information content (AvgIpc) is 2.39. The summed E-state index contributed by atoms with van der Waals surface area (Å²) in [6.07, 6.45) is 4.74. The van der Waals surface area contributed by atoms with Crippen LogP contribution in [0.1, 0.15) is 19.8 Å². The minimum absolute atomic E-state index is 0.696. The normalized spacial score (nSPS) is 50.9. The molecule has 2 unspecified atom stereocenters. The van der Waals surface area contributed by atoms with E-state index < -0.39 is 0 Å². The van der Waals surface area contributed by atoms with Crippen molar-refractivity contribution in [2.45, 2.75) is 19.8 Å². The van der Waals surface area contributed by atoms with Crippen LogP contribution in [0, 0.1) is 11.3 Å². The highest BCUT2D eigenvalue weighted by atomic mass is 14.8. The number of nitrogens with zero attached hydrogens (tertiary/aromatic N) is 1. The summed E-state index contributed by atoms with van der Waals surface area (Å²) in [5.41, 5.74) is 0.696. The highest BCUT2D eigenvalue weighted by molar-refractivity contribution is 5.60. The summed E-state index contributed by atoms with van der Waals surface area (Å²) in [6.45, 7) is 3.47. The lowest BCUT2D eigenvalue weighted by molar-refractivity contribution is 0.517. The maximum Gasteiger partial charge on any atom is 0.0419 e. The van der Waals surface area contributed by atoms with Gasteiger partial charge in [-0.2, -0.15) is 0 Å². The predicted molar refractivity (Wildman–Crippen MR) is 34.2 cm³/mol. The molecule has 2 atom stereocenters. The Morgan fingerprint density at radius 2 is 2.62 bits per heavy atom. The van der Waals surface area contributed by atoms with Gasteiger partial charge in [0, 0.05) is 6.54 Å². The van der Waals surface area contributed by atoms with E-state index in [4.69, 9.17) is 0 Å². The molecule has 0 aromatic heterocycles. The molecule has 2 rings (SSSR count). The Bertz CT molecular complexity index is 139. The first-order valence-corrected chi connectivity index (χ1v) is 3.29. The van der Waals surface area contributed by atoms with Gasteiger partial charge in [0.15, 0.2) is 0 Å². The minimum atomic E-state index is 0.696. The second-order valence-corrected chi connectivity index (χ2v) is 3.31. The Balaban J connectivity index is 2.17. The van der Waals surface area contributed by atoms with Crippen LogP contribution in [-0.2, 0) is 0 Å². The number of aliphatic imine (C=N–C) groups is 1. The van der Waals surface area contributed by atoms with E-state index in [2.05, 4.69) is 18.1 Å². The molecule has 0 aromatic carbocycles. The average molecular weight is 109 g/mol. The van der Waals surface area contributed by atoms with Gasteiger partial charge in [-0.05, 0) is 30.4 Å². The third kappa shape index (κ3) is 0.445. The molecular weight excluding hydrogens is 98.1 g/mol. The van der Waals surface area contributed by atoms with E-state index in [-0.39, 0.29) is 0 Å². The van der Waals surface area contributed by atoms with Crippen LogP contribution < -0.4 is 0 Å². The fourth-order valence-electron chi connectivity index (χ4n) is 1.51. The Morgan fingerprint density at radius 3 is 3.12 bits per heavy atom. The Morgan fingerprint density at radius 1 is 1.75 bits per heavy atom. The van der Waals surface area contributed by atoms with Crippen LogP contribution in [0.3, 0.4) is 0 Å². The Hall–Kier alpha value is -0.330. The molecule has 0 aromatic rings. The van der Waals surface area contributed by atoms with Gasteiger partial charge in [0.1, 0.15) is 0 Å². The molecule has 1 heteroatoms. The van der Waals surface area contributed by atoms with E-state index in [1.165, 1.54) is 12.8 Å². The molecule has 1 fully saturated rings. The first-order valence-electron chi connectivity index (χ1n) is 3.29. The lowest BCUT2D eigenvalue weighted by Crippen LogP contribution is -2.06. The number of hydrogen-bond acceptors (Lipinski definition) is 1. The molecule has 0 N–H and O–H groups in total. The van der Waals surface area contributed by atoms with Crippen molar-refractivity contribution in [3.63, 3.8) is 0 Å². The van der Waals surface area contributed by atoms with Gasteiger partial charge in [-0.25, -0.2) is 0 Å². The van der Waals surface area contributed by atoms with Crippen molar-refractivity contribution in [3.8, 4) is 0 Å². The van der Waals surface area contributed by atoms with E-state index in [0.717, 1.165) is 12.5 Å². The fourth-order valence-corrected chi connectivity index (χ4v) is 1.51. The van der Waals surface area contributed by atoms with Crippen LogP contribution in [-0.4, -0.2) is 12.8 Å². The number of hydrogen-bond donors (Lipinski definition) is 0. The number of fused-ring (bicyclic) bond motifs is 1. The molecule has 1 nitrogen and oxygen atoms in total. The van der Waals surface area contributed by atoms with Crippen molar-refractivity contribution in [1.29, 1.82) is 0 Å². The van der Waals surface area contributed by atoms with Gasteiger partial charge < -0.3 is 0 Å². The van der Waals surface area contributed by atoms with Crippen molar-refractivity contribution in [3.05, 3.63) is 0 Å². The summed E-state index contributed by atoms with van der Waals surface area (Å²) < 4.78 is 0. The third-order valence-corrected chi connectivity index (χ3v) is 2.55. The molecule has 1 heterocycles. The molecule has 0 bridgehead atoms. The van der Waals surface area contributed by atoms with Crippen molar-refractivity contribution in [2.75, 3.05) is 6.54 Å². The molecule has 1 saturated carbocycles. The maximum atomic E-state index is 4.22. The SMILES string of the molecule is CC12CC=NCC1C2. The molecule has 8 heavy (non-hydrogen) atoms. The molecule has 0 amide bonds. The van der Waals surface area contributed by atoms with Gasteiger partial charge >= 0.3 is 0 Å². The van der Waals surface area contributed by atoms with Crippen LogP contribution in [0.15, 0.2) is 4.99 Å². The first kappa shape index (κ1) is 4.54. The Labute approximate surface area is 49.8 Å². The third-order valence-electron chi connectivity index (χ3n) is 2.55. The van der Waals surface area contributed by atoms with Crippen molar-refractivity contribution in [2.24, 2.45) is 16.3 Å². The zero-order valence-electron chi connectivity index (χ0n) is 5.22. The van der Waals surface area contributed by atoms with Gasteiger partial charge in [-0.1, -0.05) is 6.92 Å². The highest BCUT2D eigenvalue weighted by Crippen LogP contribution is 2.55. The second-order valence-electron chi connectivity index (χ2n) is 3.31. The first-order chi connectivity index (χ1) is 3.81. The van der Waals surface area contributed by atoms with Gasteiger partial charge in [-0.3, -0.25) is 4.99 Å². The van der Waals surface area contributed by atoms with Crippen molar-refractivity contribution in [1.82, 2.24) is 0 Å². The lowest BCUT2D eigenvalue weighted by atomic mass is 10.0. The Kier molecular flexibility index (Phi) is 0.651. The predicted octanol–water partition coefficient (Wildman–Crippen LogP) is 1.49. The van der Waals surface area contributed by atoms with Crippen molar-refractivity contribution < 1.29 is 0 Å². The van der Waals surface area contributed by atoms with Gasteiger partial charge in [0.05, 0.1) is 0 Å². The van der Waals surface area contributed by atoms with Crippen molar-refractivity contribution >= 4 is 6.21 Å². The van der Waals surface area contributed by atoms with Gasteiger partial charge in [-0.15, -0.1) is 0 Å². The quantitative estimate of drug-likeness (QED) is 0.447. The second kappa shape index (κ2) is 1.15. The zero-order chi connectivity index (χ0) is 5.61. The molecule has 1 aliphatic carbocycles. The smallest absolute Gasteiger partial charge is 0.0419 e. The van der Waals surface area contributed by atoms with E-state index >= 15 is 0 Å². The summed E-state index contributed by atoms with van der Waals surface area (Å²) >= 11 is 0. The molecule has 2 aliphatic rings. The largest absolute Gasteiger partial charge is 0.297 e. The van der Waals surface area contributed by atoms with E-state index in [0.29, 0.717) is 5.41 Å². The molecule has 0 saturated heterocycles. The monoisotopic (exact) mass is 109 g/mol. The summed E-state index contributed by atoms with van der Waals surface area (Å²) in [7, 11) is 0. The van der Waals surface area contributed by atoms with Gasteiger partial charge in [0.2, 0.25) is 0 Å². The zero-order valence-corrected chi connectivity index (χ0v) is 5.22. The van der Waals surface area contributed by atoms with Crippen LogP contribution in [0.2, 0.25) is 0 Å². The highest BCUT2D eigenvalue weighted by Gasteiger charge is 2.49. The van der Waals surface area contributed by atoms with E-state index in [1.54, 1.807) is 0 Å². The minimum Gasteiger partial charge on any atom is -0.297 e. The van der Waals surface area contributed by atoms with E-state index in [9.17, 15) is 0 Å². The summed E-state index contributed by atoms with van der Waals surface area (Å²) in [6, 6.07) is 0. The standard InChI is InChI=1S/C7H11N/c1-7-2-3-8-5-6(7)4-7/h3,6H,2,4-5H2,1H3. The topological polar surface area (TPSA) is 12.4 Å². The molecule has 1 aliphatic heterocycles. The lowest BCUT2D eigenvalue weighted by Gasteiger charge is -2.09. The maximum absolute atomic E-state index is 4.22. The summed E-state index contributed by atoms with van der Waals surface area (Å²) in [4.78, 5) is 4.22. The number of rotatable bonds is 0. The molecule has 0 radical (unpaired) electrons. The fraction of sp³-hybridized carbons (Fsp3) is 0.857. The molecule has 0 spiro atoms. The van der Waals surface area contributed by atoms with E-state index in [1.807, 2.05) is 0 Å². The summed E-state index contributed by atoms with van der Waals surface area (Å²) in [5.74, 6) is 0.951. The van der Waals surface area contributed by atoms with Crippen LogP contribution in [0.4, 0.5) is 0 Å². The van der Waals surface area contributed by atoms with Crippen LogP contribution >= 0.6 is 0 Å². The molecular formula is C7H11N. The molecule has 44 valence electrons. The summed E-state index contributed by atoms with van der Waals surface area (Å²) in [5, 5.41) is 0. The van der Waals surface area contributed by atoms with Crippen LogP contribution in [0.5, 0.6) is 0 Å². The van der Waals surface area contributed by atoms with Gasteiger partial charge in [0.25, 0.3) is 0 Å².